The number of aryl methyl sites for hydroxylation is 3. The van der Waals surface area contributed by atoms with Gasteiger partial charge in [0.1, 0.15) is 0 Å². The van der Waals surface area contributed by atoms with Crippen LogP contribution in [0.1, 0.15) is 56.7 Å². The van der Waals surface area contributed by atoms with Crippen molar-refractivity contribution in [1.82, 2.24) is 4.31 Å². The number of esters is 1. The van der Waals surface area contributed by atoms with Gasteiger partial charge < -0.3 is 4.74 Å². The van der Waals surface area contributed by atoms with Crippen molar-refractivity contribution in [2.75, 3.05) is 19.7 Å². The van der Waals surface area contributed by atoms with E-state index in [1.165, 1.54) is 28.6 Å². The molecule has 3 rings (SSSR count). The van der Waals surface area contributed by atoms with Crippen molar-refractivity contribution < 1.29 is 22.7 Å². The van der Waals surface area contributed by atoms with Gasteiger partial charge in [-0.25, -0.2) is 13.2 Å². The highest BCUT2D eigenvalue weighted by Crippen LogP contribution is 2.22. The van der Waals surface area contributed by atoms with E-state index in [9.17, 15) is 18.0 Å². The summed E-state index contributed by atoms with van der Waals surface area (Å²) in [7, 11) is -3.65. The van der Waals surface area contributed by atoms with Gasteiger partial charge in [0.25, 0.3) is 0 Å². The highest BCUT2D eigenvalue weighted by molar-refractivity contribution is 7.89. The van der Waals surface area contributed by atoms with Crippen LogP contribution < -0.4 is 0 Å². The van der Waals surface area contributed by atoms with Gasteiger partial charge in [-0.15, -0.1) is 0 Å². The Hall–Kier alpha value is -2.51. The van der Waals surface area contributed by atoms with E-state index in [4.69, 9.17) is 4.74 Å². The number of carbonyl (C=O) groups is 2. The molecule has 0 radical (unpaired) electrons. The number of rotatable bonds is 6. The highest BCUT2D eigenvalue weighted by Gasteiger charge is 2.26. The largest absolute Gasteiger partial charge is 0.454 e. The van der Waals surface area contributed by atoms with Crippen LogP contribution in [0.15, 0.2) is 41.3 Å². The van der Waals surface area contributed by atoms with Crippen molar-refractivity contribution in [2.45, 2.75) is 44.9 Å². The first-order valence-corrected chi connectivity index (χ1v) is 11.5. The molecule has 30 heavy (non-hydrogen) atoms. The lowest BCUT2D eigenvalue weighted by atomic mass is 9.97. The zero-order valence-electron chi connectivity index (χ0n) is 17.6. The minimum absolute atomic E-state index is 0.0652. The number of piperidine rings is 1. The summed E-state index contributed by atoms with van der Waals surface area (Å²) in [5, 5.41) is 0. The maximum atomic E-state index is 12.8. The van der Waals surface area contributed by atoms with Crippen molar-refractivity contribution in [3.05, 3.63) is 64.2 Å². The lowest BCUT2D eigenvalue weighted by Crippen LogP contribution is -2.35. The molecule has 0 saturated carbocycles. The standard InChI is InChI=1S/C23H27NO5S/c1-16-12-17(2)22(18(3)13-16)21(25)15-29-23(26)19-8-7-9-20(14-19)30(27,28)24-10-5-4-6-11-24/h7-9,12-14H,4-6,10-11,15H2,1-3H3. The molecule has 0 aromatic heterocycles. The zero-order valence-corrected chi connectivity index (χ0v) is 18.4. The number of sulfonamides is 1. The summed E-state index contributed by atoms with van der Waals surface area (Å²) in [6.07, 6.45) is 2.69. The summed E-state index contributed by atoms with van der Waals surface area (Å²) in [4.78, 5) is 25.1. The smallest absolute Gasteiger partial charge is 0.338 e. The van der Waals surface area contributed by atoms with E-state index in [-0.39, 0.29) is 16.2 Å². The molecule has 1 heterocycles. The number of benzene rings is 2. The first-order valence-electron chi connectivity index (χ1n) is 10.1. The molecule has 0 spiro atoms. The minimum Gasteiger partial charge on any atom is -0.454 e. The van der Waals surface area contributed by atoms with Gasteiger partial charge in [0.15, 0.2) is 6.61 Å². The Kier molecular flexibility index (Phi) is 6.73. The Bertz CT molecular complexity index is 1050. The Labute approximate surface area is 177 Å². The minimum atomic E-state index is -3.65. The van der Waals surface area contributed by atoms with E-state index in [0.717, 1.165) is 36.0 Å². The fraction of sp³-hybridized carbons (Fsp3) is 0.391. The van der Waals surface area contributed by atoms with Crippen molar-refractivity contribution >= 4 is 21.8 Å². The van der Waals surface area contributed by atoms with Gasteiger partial charge in [0.05, 0.1) is 10.5 Å². The third kappa shape index (κ3) is 4.79. The van der Waals surface area contributed by atoms with Crippen molar-refractivity contribution in [3.63, 3.8) is 0 Å². The molecule has 0 atom stereocenters. The number of hydrogen-bond donors (Lipinski definition) is 0. The molecular weight excluding hydrogens is 402 g/mol. The van der Waals surface area contributed by atoms with Crippen LogP contribution in [-0.2, 0) is 14.8 Å². The van der Waals surface area contributed by atoms with E-state index in [2.05, 4.69) is 0 Å². The average molecular weight is 430 g/mol. The van der Waals surface area contributed by atoms with Crippen LogP contribution in [0.4, 0.5) is 0 Å². The molecule has 2 aromatic carbocycles. The molecular formula is C23H27NO5S. The van der Waals surface area contributed by atoms with Crippen LogP contribution >= 0.6 is 0 Å². The maximum absolute atomic E-state index is 12.8. The molecule has 0 aliphatic carbocycles. The van der Waals surface area contributed by atoms with Gasteiger partial charge in [0.2, 0.25) is 15.8 Å². The third-order valence-corrected chi connectivity index (χ3v) is 7.21. The van der Waals surface area contributed by atoms with E-state index < -0.39 is 22.6 Å². The first-order chi connectivity index (χ1) is 14.2. The zero-order chi connectivity index (χ0) is 21.9. The fourth-order valence-corrected chi connectivity index (χ4v) is 5.51. The lowest BCUT2D eigenvalue weighted by Gasteiger charge is -2.25. The molecule has 7 heteroatoms. The Morgan fingerprint density at radius 3 is 2.23 bits per heavy atom. The van der Waals surface area contributed by atoms with Crippen LogP contribution in [0.5, 0.6) is 0 Å². The van der Waals surface area contributed by atoms with Crippen molar-refractivity contribution in [2.24, 2.45) is 0 Å². The quantitative estimate of drug-likeness (QED) is 0.515. The Morgan fingerprint density at radius 2 is 1.60 bits per heavy atom. The second-order valence-corrected chi connectivity index (χ2v) is 9.70. The second kappa shape index (κ2) is 9.10. The summed E-state index contributed by atoms with van der Waals surface area (Å²) < 4.78 is 32.3. The van der Waals surface area contributed by atoms with Gasteiger partial charge in [0, 0.05) is 18.7 Å². The second-order valence-electron chi connectivity index (χ2n) is 7.77. The number of hydrogen-bond acceptors (Lipinski definition) is 5. The molecule has 0 unspecified atom stereocenters. The van der Waals surface area contributed by atoms with Gasteiger partial charge in [-0.3, -0.25) is 4.79 Å². The number of ether oxygens (including phenoxy) is 1. The fourth-order valence-electron chi connectivity index (χ4n) is 3.94. The van der Waals surface area contributed by atoms with Gasteiger partial charge in [-0.1, -0.05) is 30.2 Å². The number of carbonyl (C=O) groups excluding carboxylic acids is 2. The predicted molar refractivity (Wildman–Crippen MR) is 114 cm³/mol. The summed E-state index contributed by atoms with van der Waals surface area (Å²) in [6, 6.07) is 9.63. The van der Waals surface area contributed by atoms with Gasteiger partial charge in [-0.2, -0.15) is 4.31 Å². The molecule has 2 aromatic rings. The lowest BCUT2D eigenvalue weighted by molar-refractivity contribution is 0.0474. The molecule has 0 amide bonds. The van der Waals surface area contributed by atoms with Crippen LogP contribution in [0.25, 0.3) is 0 Å². The van der Waals surface area contributed by atoms with Gasteiger partial charge in [-0.05, 0) is 62.9 Å². The molecule has 160 valence electrons. The number of Topliss-reactive ketones (excluding diaryl/α,β-unsaturated/α-hetero) is 1. The molecule has 1 aliphatic heterocycles. The van der Waals surface area contributed by atoms with E-state index in [1.807, 2.05) is 32.9 Å². The Morgan fingerprint density at radius 1 is 0.967 bits per heavy atom. The number of ketones is 1. The SMILES string of the molecule is Cc1cc(C)c(C(=O)COC(=O)c2cccc(S(=O)(=O)N3CCCCC3)c2)c(C)c1. The van der Waals surface area contributed by atoms with Crippen molar-refractivity contribution in [1.29, 1.82) is 0 Å². The average Bonchev–Trinajstić information content (AvgIpc) is 2.72. The molecule has 6 nitrogen and oxygen atoms in total. The van der Waals surface area contributed by atoms with Crippen LogP contribution in [0.2, 0.25) is 0 Å². The molecule has 1 aliphatic rings. The molecule has 0 N–H and O–H groups in total. The van der Waals surface area contributed by atoms with Crippen LogP contribution in [0.3, 0.4) is 0 Å². The molecule has 1 fully saturated rings. The molecule has 0 bridgehead atoms. The molecule has 1 saturated heterocycles. The summed E-state index contributed by atoms with van der Waals surface area (Å²) in [5.74, 6) is -1.00. The van der Waals surface area contributed by atoms with Crippen LogP contribution in [-0.4, -0.2) is 44.2 Å². The Balaban J connectivity index is 1.72. The van der Waals surface area contributed by atoms with Crippen molar-refractivity contribution in [3.8, 4) is 0 Å². The van der Waals surface area contributed by atoms with Crippen LogP contribution in [0, 0.1) is 20.8 Å². The normalized spacial score (nSPS) is 15.0. The first kappa shape index (κ1) is 22.2. The summed E-state index contributed by atoms with van der Waals surface area (Å²) in [5.41, 5.74) is 3.39. The van der Waals surface area contributed by atoms with Gasteiger partial charge >= 0.3 is 5.97 Å². The third-order valence-electron chi connectivity index (χ3n) is 5.31. The summed E-state index contributed by atoms with van der Waals surface area (Å²) in [6.45, 7) is 6.24. The van der Waals surface area contributed by atoms with E-state index in [0.29, 0.717) is 18.7 Å². The summed E-state index contributed by atoms with van der Waals surface area (Å²) >= 11 is 0. The van der Waals surface area contributed by atoms with E-state index >= 15 is 0 Å². The maximum Gasteiger partial charge on any atom is 0.338 e. The topological polar surface area (TPSA) is 80.8 Å². The predicted octanol–water partition coefficient (Wildman–Crippen LogP) is 3.83. The van der Waals surface area contributed by atoms with E-state index in [1.54, 1.807) is 0 Å². The monoisotopic (exact) mass is 429 g/mol. The highest BCUT2D eigenvalue weighted by atomic mass is 32.2. The number of nitrogens with zero attached hydrogens (tertiary/aromatic N) is 1.